The molecule has 0 unspecified atom stereocenters. The van der Waals surface area contributed by atoms with Crippen LogP contribution in [-0.4, -0.2) is 25.0 Å². The number of ketones is 1. The van der Waals surface area contributed by atoms with Crippen LogP contribution >= 0.6 is 0 Å². The van der Waals surface area contributed by atoms with Gasteiger partial charge in [0.2, 0.25) is 0 Å². The third kappa shape index (κ3) is 2.83. The van der Waals surface area contributed by atoms with Gasteiger partial charge in [0.25, 0.3) is 0 Å². The number of carbonyl (C=O) groups is 1. The standard InChI is InChI=1S/C13H17NO2/c1-10(15)11-3-2-4-13(9-11)14-12-5-7-16-8-6-12/h2-4,9,12,14H,5-8H2,1H3. The third-order valence-corrected chi connectivity index (χ3v) is 2.86. The number of carbonyl (C=O) groups excluding carboxylic acids is 1. The molecule has 1 aromatic carbocycles. The van der Waals surface area contributed by atoms with Crippen molar-refractivity contribution in [3.05, 3.63) is 29.8 Å². The van der Waals surface area contributed by atoms with Crippen molar-refractivity contribution in [2.45, 2.75) is 25.8 Å². The number of Topliss-reactive ketones (excluding diaryl/α,β-unsaturated/α-hetero) is 1. The molecule has 0 atom stereocenters. The molecule has 3 heteroatoms. The maximum absolute atomic E-state index is 11.2. The highest BCUT2D eigenvalue weighted by Crippen LogP contribution is 2.16. The number of benzene rings is 1. The molecule has 16 heavy (non-hydrogen) atoms. The molecule has 1 aromatic rings. The molecular formula is C13H17NO2. The van der Waals surface area contributed by atoms with Crippen molar-refractivity contribution in [1.82, 2.24) is 0 Å². The van der Waals surface area contributed by atoms with Gasteiger partial charge in [0.15, 0.2) is 5.78 Å². The maximum Gasteiger partial charge on any atom is 0.159 e. The second-order valence-corrected chi connectivity index (χ2v) is 4.17. The van der Waals surface area contributed by atoms with Crippen LogP contribution in [0.3, 0.4) is 0 Å². The molecule has 0 saturated carbocycles. The highest BCUT2D eigenvalue weighted by Gasteiger charge is 2.13. The summed E-state index contributed by atoms with van der Waals surface area (Å²) in [4.78, 5) is 11.2. The van der Waals surface area contributed by atoms with Crippen LogP contribution in [0.4, 0.5) is 5.69 Å². The van der Waals surface area contributed by atoms with Gasteiger partial charge in [-0.2, -0.15) is 0 Å². The van der Waals surface area contributed by atoms with E-state index < -0.39 is 0 Å². The van der Waals surface area contributed by atoms with Crippen LogP contribution in [0.2, 0.25) is 0 Å². The zero-order valence-electron chi connectivity index (χ0n) is 9.53. The summed E-state index contributed by atoms with van der Waals surface area (Å²) in [7, 11) is 0. The second kappa shape index (κ2) is 5.12. The number of hydrogen-bond acceptors (Lipinski definition) is 3. The van der Waals surface area contributed by atoms with E-state index in [9.17, 15) is 4.79 Å². The molecule has 0 bridgehead atoms. The van der Waals surface area contributed by atoms with E-state index in [1.165, 1.54) is 0 Å². The fraction of sp³-hybridized carbons (Fsp3) is 0.462. The predicted molar refractivity (Wildman–Crippen MR) is 63.9 cm³/mol. The van der Waals surface area contributed by atoms with Crippen molar-refractivity contribution in [2.24, 2.45) is 0 Å². The zero-order valence-corrected chi connectivity index (χ0v) is 9.53. The number of rotatable bonds is 3. The Balaban J connectivity index is 2.02. The van der Waals surface area contributed by atoms with Gasteiger partial charge in [-0.1, -0.05) is 12.1 Å². The number of nitrogens with one attached hydrogen (secondary N) is 1. The van der Waals surface area contributed by atoms with Gasteiger partial charge in [-0.25, -0.2) is 0 Å². The minimum absolute atomic E-state index is 0.107. The molecule has 3 nitrogen and oxygen atoms in total. The van der Waals surface area contributed by atoms with Crippen molar-refractivity contribution in [3.8, 4) is 0 Å². The fourth-order valence-electron chi connectivity index (χ4n) is 1.91. The van der Waals surface area contributed by atoms with E-state index in [0.29, 0.717) is 6.04 Å². The minimum Gasteiger partial charge on any atom is -0.382 e. The highest BCUT2D eigenvalue weighted by molar-refractivity contribution is 5.94. The Morgan fingerprint density at radius 3 is 2.81 bits per heavy atom. The lowest BCUT2D eigenvalue weighted by molar-refractivity contribution is 0.0904. The maximum atomic E-state index is 11.2. The summed E-state index contributed by atoms with van der Waals surface area (Å²) >= 11 is 0. The van der Waals surface area contributed by atoms with Crippen LogP contribution in [-0.2, 0) is 4.74 Å². The highest BCUT2D eigenvalue weighted by atomic mass is 16.5. The first kappa shape index (κ1) is 11.1. The Kier molecular flexibility index (Phi) is 3.57. The average Bonchev–Trinajstić information content (AvgIpc) is 2.30. The molecule has 0 amide bonds. The molecule has 0 radical (unpaired) electrons. The Hall–Kier alpha value is -1.35. The van der Waals surface area contributed by atoms with Gasteiger partial charge in [-0.15, -0.1) is 0 Å². The molecule has 0 aromatic heterocycles. The van der Waals surface area contributed by atoms with Crippen molar-refractivity contribution >= 4 is 11.5 Å². The minimum atomic E-state index is 0.107. The topological polar surface area (TPSA) is 38.3 Å². The van der Waals surface area contributed by atoms with Crippen LogP contribution in [0.1, 0.15) is 30.1 Å². The van der Waals surface area contributed by atoms with E-state index >= 15 is 0 Å². The van der Waals surface area contributed by atoms with E-state index in [-0.39, 0.29) is 5.78 Å². The van der Waals surface area contributed by atoms with Gasteiger partial charge < -0.3 is 10.1 Å². The van der Waals surface area contributed by atoms with E-state index in [1.807, 2.05) is 24.3 Å². The summed E-state index contributed by atoms with van der Waals surface area (Å²) in [5.74, 6) is 0.107. The summed E-state index contributed by atoms with van der Waals surface area (Å²) in [5.41, 5.74) is 1.79. The summed E-state index contributed by atoms with van der Waals surface area (Å²) < 4.78 is 5.31. The summed E-state index contributed by atoms with van der Waals surface area (Å²) in [6.45, 7) is 3.24. The first-order valence-corrected chi connectivity index (χ1v) is 5.71. The Morgan fingerprint density at radius 1 is 1.38 bits per heavy atom. The SMILES string of the molecule is CC(=O)c1cccc(NC2CCOCC2)c1. The van der Waals surface area contributed by atoms with Gasteiger partial charge in [-0.3, -0.25) is 4.79 Å². The summed E-state index contributed by atoms with van der Waals surface area (Å²) in [6, 6.07) is 8.14. The average molecular weight is 219 g/mol. The molecule has 1 fully saturated rings. The normalized spacial score (nSPS) is 17.1. The fourth-order valence-corrected chi connectivity index (χ4v) is 1.91. The van der Waals surface area contributed by atoms with Crippen molar-refractivity contribution < 1.29 is 9.53 Å². The first-order valence-electron chi connectivity index (χ1n) is 5.71. The summed E-state index contributed by atoms with van der Waals surface area (Å²) in [6.07, 6.45) is 2.06. The van der Waals surface area contributed by atoms with E-state index in [1.54, 1.807) is 6.92 Å². The van der Waals surface area contributed by atoms with Crippen LogP contribution in [0.5, 0.6) is 0 Å². The molecule has 1 saturated heterocycles. The van der Waals surface area contributed by atoms with Crippen LogP contribution < -0.4 is 5.32 Å². The molecule has 1 aliphatic rings. The zero-order chi connectivity index (χ0) is 11.4. The van der Waals surface area contributed by atoms with Crippen molar-refractivity contribution in [3.63, 3.8) is 0 Å². The molecular weight excluding hydrogens is 202 g/mol. The molecule has 0 spiro atoms. The van der Waals surface area contributed by atoms with Crippen molar-refractivity contribution in [2.75, 3.05) is 18.5 Å². The second-order valence-electron chi connectivity index (χ2n) is 4.17. The number of anilines is 1. The number of hydrogen-bond donors (Lipinski definition) is 1. The van der Waals surface area contributed by atoms with Crippen LogP contribution in [0.15, 0.2) is 24.3 Å². The smallest absolute Gasteiger partial charge is 0.159 e. The number of ether oxygens (including phenoxy) is 1. The van der Waals surface area contributed by atoms with Crippen LogP contribution in [0.25, 0.3) is 0 Å². The molecule has 2 rings (SSSR count). The summed E-state index contributed by atoms with van der Waals surface area (Å²) in [5, 5.41) is 3.44. The predicted octanol–water partition coefficient (Wildman–Crippen LogP) is 2.48. The van der Waals surface area contributed by atoms with Crippen LogP contribution in [0, 0.1) is 0 Å². The first-order chi connectivity index (χ1) is 7.75. The Morgan fingerprint density at radius 2 is 2.12 bits per heavy atom. The molecule has 86 valence electrons. The van der Waals surface area contributed by atoms with E-state index in [0.717, 1.165) is 37.3 Å². The van der Waals surface area contributed by atoms with E-state index in [4.69, 9.17) is 4.74 Å². The lowest BCUT2D eigenvalue weighted by Crippen LogP contribution is -2.27. The molecule has 1 heterocycles. The lowest BCUT2D eigenvalue weighted by atomic mass is 10.1. The van der Waals surface area contributed by atoms with Gasteiger partial charge in [0.1, 0.15) is 0 Å². The van der Waals surface area contributed by atoms with Gasteiger partial charge >= 0.3 is 0 Å². The van der Waals surface area contributed by atoms with E-state index in [2.05, 4.69) is 5.32 Å². The molecule has 1 aliphatic heterocycles. The van der Waals surface area contributed by atoms with Gasteiger partial charge in [-0.05, 0) is 31.9 Å². The van der Waals surface area contributed by atoms with Crippen molar-refractivity contribution in [1.29, 1.82) is 0 Å². The molecule has 1 N–H and O–H groups in total. The Labute approximate surface area is 95.8 Å². The monoisotopic (exact) mass is 219 g/mol. The largest absolute Gasteiger partial charge is 0.382 e. The van der Waals surface area contributed by atoms with Gasteiger partial charge in [0, 0.05) is 30.5 Å². The molecule has 0 aliphatic carbocycles. The Bertz CT molecular complexity index is 370. The lowest BCUT2D eigenvalue weighted by Gasteiger charge is -2.24. The third-order valence-electron chi connectivity index (χ3n) is 2.86. The van der Waals surface area contributed by atoms with Gasteiger partial charge in [0.05, 0.1) is 0 Å². The quantitative estimate of drug-likeness (QED) is 0.794.